The number of methoxy groups -OCH3 is 1. The van der Waals surface area contributed by atoms with Crippen LogP contribution in [0.1, 0.15) is 10.4 Å². The van der Waals surface area contributed by atoms with E-state index in [-0.39, 0.29) is 11.9 Å². The number of para-hydroxylation sites is 1. The van der Waals surface area contributed by atoms with E-state index >= 15 is 0 Å². The van der Waals surface area contributed by atoms with Crippen LogP contribution in [0.2, 0.25) is 0 Å². The smallest absolute Gasteiger partial charge is 0.321 e. The predicted octanol–water partition coefficient (Wildman–Crippen LogP) is 4.10. The Kier molecular flexibility index (Phi) is 6.18. The number of ether oxygens (including phenoxy) is 1. The Balaban J connectivity index is 1.81. The first-order chi connectivity index (χ1) is 16.3. The maximum atomic E-state index is 12.9. The van der Waals surface area contributed by atoms with E-state index in [0.29, 0.717) is 22.6 Å². The summed E-state index contributed by atoms with van der Waals surface area (Å²) >= 11 is 0. The molecule has 0 bridgehead atoms. The van der Waals surface area contributed by atoms with Crippen molar-refractivity contribution >= 4 is 28.7 Å². The molecule has 0 saturated carbocycles. The van der Waals surface area contributed by atoms with Gasteiger partial charge in [0.05, 0.1) is 18.4 Å². The SMILES string of the molecule is COc1ccccc1-c1n[nH]c2ncc(-c3ccc(NC(=O)N(C)C)c(C(=O)N(C)C)c3)cc12. The van der Waals surface area contributed by atoms with Gasteiger partial charge in [-0.3, -0.25) is 9.89 Å². The molecule has 9 nitrogen and oxygen atoms in total. The molecule has 174 valence electrons. The van der Waals surface area contributed by atoms with Gasteiger partial charge in [0, 0.05) is 50.9 Å². The van der Waals surface area contributed by atoms with Crippen molar-refractivity contribution < 1.29 is 14.3 Å². The quantitative estimate of drug-likeness (QED) is 0.469. The van der Waals surface area contributed by atoms with E-state index in [2.05, 4.69) is 20.5 Å². The second-order valence-electron chi connectivity index (χ2n) is 8.18. The van der Waals surface area contributed by atoms with Crippen LogP contribution < -0.4 is 10.1 Å². The lowest BCUT2D eigenvalue weighted by molar-refractivity contribution is 0.0828. The lowest BCUT2D eigenvalue weighted by Crippen LogP contribution is -2.29. The normalized spacial score (nSPS) is 10.7. The molecule has 0 unspecified atom stereocenters. The minimum absolute atomic E-state index is 0.219. The van der Waals surface area contributed by atoms with E-state index < -0.39 is 0 Å². The van der Waals surface area contributed by atoms with E-state index in [4.69, 9.17) is 4.74 Å². The first kappa shape index (κ1) is 22.8. The number of nitrogens with zero attached hydrogens (tertiary/aromatic N) is 4. The zero-order valence-electron chi connectivity index (χ0n) is 19.7. The second kappa shape index (κ2) is 9.22. The van der Waals surface area contributed by atoms with Crippen LogP contribution in [0.15, 0.2) is 54.7 Å². The molecule has 9 heteroatoms. The molecule has 4 aromatic rings. The van der Waals surface area contributed by atoms with Crippen molar-refractivity contribution in [3.8, 4) is 28.1 Å². The van der Waals surface area contributed by atoms with Crippen molar-refractivity contribution in [2.24, 2.45) is 0 Å². The average Bonchev–Trinajstić information content (AvgIpc) is 3.26. The summed E-state index contributed by atoms with van der Waals surface area (Å²) in [7, 11) is 8.25. The molecule has 0 aliphatic heterocycles. The fourth-order valence-electron chi connectivity index (χ4n) is 3.58. The Morgan fingerprint density at radius 1 is 0.971 bits per heavy atom. The highest BCUT2D eigenvalue weighted by atomic mass is 16.5. The number of benzene rings is 2. The number of urea groups is 1. The lowest BCUT2D eigenvalue weighted by atomic mass is 10.0. The first-order valence-electron chi connectivity index (χ1n) is 10.6. The molecule has 0 atom stereocenters. The highest BCUT2D eigenvalue weighted by Gasteiger charge is 2.19. The Morgan fingerprint density at radius 3 is 2.44 bits per heavy atom. The van der Waals surface area contributed by atoms with Crippen molar-refractivity contribution in [1.82, 2.24) is 25.0 Å². The Morgan fingerprint density at radius 2 is 1.74 bits per heavy atom. The molecule has 34 heavy (non-hydrogen) atoms. The van der Waals surface area contributed by atoms with Crippen LogP contribution >= 0.6 is 0 Å². The molecule has 0 radical (unpaired) electrons. The minimum Gasteiger partial charge on any atom is -0.496 e. The number of aromatic nitrogens is 3. The molecule has 0 fully saturated rings. The predicted molar refractivity (Wildman–Crippen MR) is 132 cm³/mol. The summed E-state index contributed by atoms with van der Waals surface area (Å²) in [6.45, 7) is 0. The third-order valence-electron chi connectivity index (χ3n) is 5.42. The fraction of sp³-hybridized carbons (Fsp3) is 0.200. The summed E-state index contributed by atoms with van der Waals surface area (Å²) in [6.07, 6.45) is 1.73. The summed E-state index contributed by atoms with van der Waals surface area (Å²) in [5, 5.41) is 11.0. The van der Waals surface area contributed by atoms with Crippen molar-refractivity contribution in [3.63, 3.8) is 0 Å². The molecule has 2 aromatic carbocycles. The van der Waals surface area contributed by atoms with Gasteiger partial charge >= 0.3 is 6.03 Å². The van der Waals surface area contributed by atoms with Gasteiger partial charge in [-0.05, 0) is 35.9 Å². The molecule has 2 N–H and O–H groups in total. The van der Waals surface area contributed by atoms with E-state index in [1.165, 1.54) is 9.80 Å². The molecule has 0 aliphatic rings. The molecule has 0 spiro atoms. The van der Waals surface area contributed by atoms with Gasteiger partial charge in [-0.15, -0.1) is 0 Å². The van der Waals surface area contributed by atoms with Gasteiger partial charge < -0.3 is 19.9 Å². The number of fused-ring (bicyclic) bond motifs is 1. The van der Waals surface area contributed by atoms with Crippen molar-refractivity contribution in [2.45, 2.75) is 0 Å². The van der Waals surface area contributed by atoms with Crippen LogP contribution in [-0.2, 0) is 0 Å². The molecule has 0 aliphatic carbocycles. The number of rotatable bonds is 5. The fourth-order valence-corrected chi connectivity index (χ4v) is 3.58. The second-order valence-corrected chi connectivity index (χ2v) is 8.18. The highest BCUT2D eigenvalue weighted by Crippen LogP contribution is 2.35. The number of pyridine rings is 1. The summed E-state index contributed by atoms with van der Waals surface area (Å²) in [6, 6.07) is 14.7. The number of hydrogen-bond acceptors (Lipinski definition) is 5. The van der Waals surface area contributed by atoms with Crippen molar-refractivity contribution in [2.75, 3.05) is 40.6 Å². The van der Waals surface area contributed by atoms with E-state index in [1.807, 2.05) is 36.4 Å². The number of H-pyrrole nitrogens is 1. The van der Waals surface area contributed by atoms with Gasteiger partial charge in [-0.25, -0.2) is 9.78 Å². The first-order valence-corrected chi connectivity index (χ1v) is 10.6. The Hall–Kier alpha value is -4.40. The van der Waals surface area contributed by atoms with Crippen LogP contribution in [-0.4, -0.2) is 72.2 Å². The van der Waals surface area contributed by atoms with Crippen molar-refractivity contribution in [3.05, 3.63) is 60.3 Å². The topological polar surface area (TPSA) is 103 Å². The molecule has 2 aromatic heterocycles. The Bertz CT molecular complexity index is 1380. The Labute approximate surface area is 197 Å². The summed E-state index contributed by atoms with van der Waals surface area (Å²) < 4.78 is 5.50. The lowest BCUT2D eigenvalue weighted by Gasteiger charge is -2.18. The summed E-state index contributed by atoms with van der Waals surface area (Å²) in [5.41, 5.74) is 4.63. The number of aromatic amines is 1. The molecule has 3 amide bonds. The molecule has 0 saturated heterocycles. The number of hydrogen-bond donors (Lipinski definition) is 2. The average molecular weight is 459 g/mol. The van der Waals surface area contributed by atoms with Crippen LogP contribution in [0.3, 0.4) is 0 Å². The standard InChI is InChI=1S/C25H26N6O3/c1-30(2)24(32)18-12-15(10-11-20(18)27-25(33)31(3)4)16-13-19-22(28-29-23(19)26-14-16)17-8-6-7-9-21(17)34-5/h6-14H,1-5H3,(H,27,33)(H,26,28,29). The number of amides is 3. The third-order valence-corrected chi connectivity index (χ3v) is 5.42. The summed E-state index contributed by atoms with van der Waals surface area (Å²) in [5.74, 6) is 0.490. The minimum atomic E-state index is -0.316. The van der Waals surface area contributed by atoms with Gasteiger partial charge in [-0.1, -0.05) is 18.2 Å². The zero-order valence-corrected chi connectivity index (χ0v) is 19.7. The van der Waals surface area contributed by atoms with Gasteiger partial charge in [0.2, 0.25) is 0 Å². The molecular formula is C25H26N6O3. The number of anilines is 1. The number of carbonyl (C=O) groups excluding carboxylic acids is 2. The maximum Gasteiger partial charge on any atom is 0.321 e. The zero-order chi connectivity index (χ0) is 24.4. The van der Waals surface area contributed by atoms with Crippen LogP contribution in [0, 0.1) is 0 Å². The number of nitrogens with one attached hydrogen (secondary N) is 2. The van der Waals surface area contributed by atoms with Gasteiger partial charge in [-0.2, -0.15) is 5.10 Å². The van der Waals surface area contributed by atoms with Crippen LogP contribution in [0.4, 0.5) is 10.5 Å². The van der Waals surface area contributed by atoms with Crippen LogP contribution in [0.5, 0.6) is 5.75 Å². The van der Waals surface area contributed by atoms with Crippen LogP contribution in [0.25, 0.3) is 33.4 Å². The monoisotopic (exact) mass is 458 g/mol. The van der Waals surface area contributed by atoms with E-state index in [1.54, 1.807) is 53.6 Å². The summed E-state index contributed by atoms with van der Waals surface area (Å²) in [4.78, 5) is 32.5. The van der Waals surface area contributed by atoms with E-state index in [9.17, 15) is 9.59 Å². The largest absolute Gasteiger partial charge is 0.496 e. The third kappa shape index (κ3) is 4.27. The maximum absolute atomic E-state index is 12.9. The highest BCUT2D eigenvalue weighted by molar-refractivity contribution is 6.04. The van der Waals surface area contributed by atoms with Gasteiger partial charge in [0.1, 0.15) is 11.4 Å². The molecular weight excluding hydrogens is 432 g/mol. The number of carbonyl (C=O) groups is 2. The van der Waals surface area contributed by atoms with E-state index in [0.717, 1.165) is 27.8 Å². The molecule has 2 heterocycles. The molecule has 4 rings (SSSR count). The van der Waals surface area contributed by atoms with Gasteiger partial charge in [0.25, 0.3) is 5.91 Å². The van der Waals surface area contributed by atoms with Crippen molar-refractivity contribution in [1.29, 1.82) is 0 Å². The van der Waals surface area contributed by atoms with Gasteiger partial charge in [0.15, 0.2) is 5.65 Å².